The Morgan fingerprint density at radius 3 is 2.00 bits per heavy atom. The van der Waals surface area contributed by atoms with E-state index < -0.39 is 11.0 Å². The lowest BCUT2D eigenvalue weighted by atomic mass is 9.80. The lowest BCUT2D eigenvalue weighted by Crippen LogP contribution is -2.43. The van der Waals surface area contributed by atoms with Gasteiger partial charge >= 0.3 is 5.97 Å². The molecule has 3 heteroatoms. The smallest absolute Gasteiger partial charge is 0.312 e. The van der Waals surface area contributed by atoms with Gasteiger partial charge < -0.3 is 10.1 Å². The Hall–Kier alpha value is -0.570. The first-order chi connectivity index (χ1) is 12.8. The summed E-state index contributed by atoms with van der Waals surface area (Å²) in [5, 5.41) is 3.51. The first-order valence-electron chi connectivity index (χ1n) is 11.7. The average molecular weight is 398 g/mol. The van der Waals surface area contributed by atoms with Crippen LogP contribution in [0.2, 0.25) is 0 Å². The topological polar surface area (TPSA) is 38.3 Å². The van der Waals surface area contributed by atoms with Crippen molar-refractivity contribution in [1.29, 1.82) is 0 Å². The molecule has 0 aromatic heterocycles. The van der Waals surface area contributed by atoms with Gasteiger partial charge in [-0.05, 0) is 83.6 Å². The molecule has 0 saturated heterocycles. The zero-order valence-electron chi connectivity index (χ0n) is 20.8. The summed E-state index contributed by atoms with van der Waals surface area (Å²) < 4.78 is 5.91. The molecule has 3 nitrogen and oxygen atoms in total. The van der Waals surface area contributed by atoms with Gasteiger partial charge in [-0.3, -0.25) is 4.79 Å². The molecule has 1 N–H and O–H groups in total. The number of nitrogens with one attached hydrogen (secondary N) is 1. The van der Waals surface area contributed by atoms with Crippen LogP contribution >= 0.6 is 0 Å². The minimum absolute atomic E-state index is 0.0725. The highest BCUT2D eigenvalue weighted by molar-refractivity contribution is 5.76. The van der Waals surface area contributed by atoms with E-state index in [0.29, 0.717) is 18.4 Å². The maximum atomic E-state index is 12.8. The summed E-state index contributed by atoms with van der Waals surface area (Å²) in [6, 6.07) is 0. The van der Waals surface area contributed by atoms with Crippen molar-refractivity contribution in [3.63, 3.8) is 0 Å². The average Bonchev–Trinajstić information content (AvgIpc) is 2.49. The van der Waals surface area contributed by atoms with E-state index in [-0.39, 0.29) is 5.97 Å². The Morgan fingerprint density at radius 2 is 1.46 bits per heavy atom. The van der Waals surface area contributed by atoms with Crippen LogP contribution in [0.4, 0.5) is 0 Å². The third-order valence-electron chi connectivity index (χ3n) is 5.60. The Balaban J connectivity index is 4.31. The summed E-state index contributed by atoms with van der Waals surface area (Å²) in [7, 11) is 0. The van der Waals surface area contributed by atoms with Gasteiger partial charge in [0.05, 0.1) is 5.41 Å². The third kappa shape index (κ3) is 12.8. The van der Waals surface area contributed by atoms with Crippen molar-refractivity contribution in [3.05, 3.63) is 0 Å². The molecule has 0 fully saturated rings. The molecule has 0 aliphatic rings. The highest BCUT2D eigenvalue weighted by atomic mass is 16.6. The van der Waals surface area contributed by atoms with Gasteiger partial charge in [-0.1, -0.05) is 54.4 Å². The monoisotopic (exact) mass is 397 g/mol. The summed E-state index contributed by atoms with van der Waals surface area (Å²) in [6.45, 7) is 23.4. The van der Waals surface area contributed by atoms with Crippen LogP contribution in [0.5, 0.6) is 0 Å². The highest BCUT2D eigenvalue weighted by Crippen LogP contribution is 2.31. The molecule has 0 aliphatic carbocycles. The number of carbonyl (C=O) groups excluding carboxylic acids is 1. The van der Waals surface area contributed by atoms with Crippen molar-refractivity contribution < 1.29 is 9.53 Å². The van der Waals surface area contributed by atoms with E-state index in [0.717, 1.165) is 31.2 Å². The molecule has 168 valence electrons. The second-order valence-corrected chi connectivity index (χ2v) is 11.2. The van der Waals surface area contributed by atoms with E-state index in [9.17, 15) is 4.79 Å². The number of hydrogen-bond donors (Lipinski definition) is 1. The van der Waals surface area contributed by atoms with Crippen molar-refractivity contribution in [2.75, 3.05) is 13.1 Å². The quantitative estimate of drug-likeness (QED) is 0.242. The molecule has 3 atom stereocenters. The third-order valence-corrected chi connectivity index (χ3v) is 5.60. The van der Waals surface area contributed by atoms with Crippen molar-refractivity contribution in [1.82, 2.24) is 5.32 Å². The van der Waals surface area contributed by atoms with E-state index in [1.54, 1.807) is 0 Å². The standard InChI is InChI=1S/C25H51NO2/c1-11-12-20(4)16-21(5)13-14-26-18-25(9,10)28-23(27)24(7,8)17-22(6)15-19(2)3/h19-22,26H,11-18H2,1-10H3. The summed E-state index contributed by atoms with van der Waals surface area (Å²) in [5.74, 6) is 2.67. The summed E-state index contributed by atoms with van der Waals surface area (Å²) >= 11 is 0. The fraction of sp³-hybridized carbons (Fsp3) is 0.960. The van der Waals surface area contributed by atoms with Gasteiger partial charge in [0.1, 0.15) is 5.60 Å². The van der Waals surface area contributed by atoms with Crippen LogP contribution < -0.4 is 5.32 Å². The van der Waals surface area contributed by atoms with E-state index in [4.69, 9.17) is 4.74 Å². The second kappa shape index (κ2) is 12.9. The SMILES string of the molecule is CCCC(C)CC(C)CCNCC(C)(C)OC(=O)C(C)(C)CC(C)CC(C)C. The molecule has 0 spiro atoms. The normalized spacial score (nSPS) is 16.1. The maximum Gasteiger partial charge on any atom is 0.312 e. The molecule has 0 saturated carbocycles. The van der Waals surface area contributed by atoms with Crippen LogP contribution in [0.25, 0.3) is 0 Å². The molecule has 3 unspecified atom stereocenters. The Kier molecular flexibility index (Phi) is 12.6. The summed E-state index contributed by atoms with van der Waals surface area (Å²) in [5.41, 5.74) is -0.913. The molecular formula is C25H51NO2. The van der Waals surface area contributed by atoms with Crippen molar-refractivity contribution in [3.8, 4) is 0 Å². The molecule has 0 aromatic carbocycles. The molecular weight excluding hydrogens is 346 g/mol. The van der Waals surface area contributed by atoms with Gasteiger partial charge in [0.2, 0.25) is 0 Å². The van der Waals surface area contributed by atoms with Crippen LogP contribution in [-0.4, -0.2) is 24.7 Å². The van der Waals surface area contributed by atoms with Crippen LogP contribution in [0, 0.1) is 29.1 Å². The zero-order chi connectivity index (χ0) is 22.0. The lowest BCUT2D eigenvalue weighted by molar-refractivity contribution is -0.168. The molecule has 0 rings (SSSR count). The van der Waals surface area contributed by atoms with Gasteiger partial charge in [-0.15, -0.1) is 0 Å². The second-order valence-electron chi connectivity index (χ2n) is 11.2. The number of hydrogen-bond acceptors (Lipinski definition) is 3. The van der Waals surface area contributed by atoms with Crippen LogP contribution in [0.1, 0.15) is 108 Å². The van der Waals surface area contributed by atoms with E-state index >= 15 is 0 Å². The van der Waals surface area contributed by atoms with Crippen LogP contribution in [0.15, 0.2) is 0 Å². The Bertz CT molecular complexity index is 428. The Labute approximate surface area is 176 Å². The molecule has 0 aliphatic heterocycles. The predicted octanol–water partition coefficient (Wildman–Crippen LogP) is 6.85. The van der Waals surface area contributed by atoms with Crippen LogP contribution in [-0.2, 0) is 9.53 Å². The molecule has 28 heavy (non-hydrogen) atoms. The molecule has 0 aromatic rings. The van der Waals surface area contributed by atoms with Crippen molar-refractivity contribution in [2.45, 2.75) is 113 Å². The van der Waals surface area contributed by atoms with Gasteiger partial charge in [0, 0.05) is 6.54 Å². The fourth-order valence-corrected chi connectivity index (χ4v) is 4.42. The van der Waals surface area contributed by atoms with Crippen LogP contribution in [0.3, 0.4) is 0 Å². The molecule has 0 bridgehead atoms. The highest BCUT2D eigenvalue weighted by Gasteiger charge is 2.35. The Morgan fingerprint density at radius 1 is 0.893 bits per heavy atom. The summed E-state index contributed by atoms with van der Waals surface area (Å²) in [4.78, 5) is 12.8. The van der Waals surface area contributed by atoms with E-state index in [1.807, 2.05) is 27.7 Å². The predicted molar refractivity (Wildman–Crippen MR) is 123 cm³/mol. The molecule has 0 heterocycles. The van der Waals surface area contributed by atoms with Gasteiger partial charge in [-0.2, -0.15) is 0 Å². The largest absolute Gasteiger partial charge is 0.458 e. The minimum Gasteiger partial charge on any atom is -0.458 e. The number of rotatable bonds is 15. The zero-order valence-corrected chi connectivity index (χ0v) is 20.8. The number of carbonyl (C=O) groups is 1. The fourth-order valence-electron chi connectivity index (χ4n) is 4.42. The van der Waals surface area contributed by atoms with Gasteiger partial charge in [0.25, 0.3) is 0 Å². The van der Waals surface area contributed by atoms with E-state index in [2.05, 4.69) is 46.9 Å². The maximum absolute atomic E-state index is 12.8. The van der Waals surface area contributed by atoms with Crippen molar-refractivity contribution in [2.24, 2.45) is 29.1 Å². The van der Waals surface area contributed by atoms with Gasteiger partial charge in [0.15, 0.2) is 0 Å². The van der Waals surface area contributed by atoms with E-state index in [1.165, 1.54) is 25.7 Å². The minimum atomic E-state index is -0.478. The lowest BCUT2D eigenvalue weighted by Gasteiger charge is -2.33. The summed E-state index contributed by atoms with van der Waals surface area (Å²) in [6.07, 6.45) is 7.11. The first kappa shape index (κ1) is 27.4. The number of ether oxygens (including phenoxy) is 1. The first-order valence-corrected chi connectivity index (χ1v) is 11.7. The molecule has 0 radical (unpaired) electrons. The molecule has 0 amide bonds. The van der Waals surface area contributed by atoms with Gasteiger partial charge in [-0.25, -0.2) is 0 Å². The van der Waals surface area contributed by atoms with Crippen molar-refractivity contribution >= 4 is 5.97 Å². The number of esters is 1.